The van der Waals surface area contributed by atoms with Crippen molar-refractivity contribution in [2.45, 2.75) is 12.5 Å². The quantitative estimate of drug-likeness (QED) is 0.689. The van der Waals surface area contributed by atoms with E-state index in [9.17, 15) is 13.9 Å². The van der Waals surface area contributed by atoms with Gasteiger partial charge in [0, 0.05) is 18.8 Å². The number of β-amino-alcohol motifs (C(OH)–C–C–N with tert-alkyl or cyclic N) is 1. The lowest BCUT2D eigenvalue weighted by Crippen LogP contribution is -2.60. The summed E-state index contributed by atoms with van der Waals surface area (Å²) in [4.78, 5) is 1.45. The zero-order chi connectivity index (χ0) is 11.2. The highest BCUT2D eigenvalue weighted by Gasteiger charge is 2.38. The number of anilines is 2. The van der Waals surface area contributed by atoms with Crippen molar-refractivity contribution in [3.05, 3.63) is 23.8 Å². The summed E-state index contributed by atoms with van der Waals surface area (Å²) >= 11 is 0. The number of nitrogens with zero attached hydrogens (tertiary/aromatic N) is 1. The number of nitrogen functional groups attached to an aromatic ring is 1. The lowest BCUT2D eigenvalue weighted by Gasteiger charge is -2.45. The summed E-state index contributed by atoms with van der Waals surface area (Å²) in [5, 5.41) is 9.47. The highest BCUT2D eigenvalue weighted by atomic mass is 19.1. The fourth-order valence-corrected chi connectivity index (χ4v) is 1.82. The van der Waals surface area contributed by atoms with Crippen LogP contribution in [0.3, 0.4) is 0 Å². The maximum atomic E-state index is 13.4. The lowest BCUT2D eigenvalue weighted by molar-refractivity contribution is 0.0302. The summed E-state index contributed by atoms with van der Waals surface area (Å²) in [7, 11) is 0. The molecule has 1 aliphatic rings. The third-order valence-electron chi connectivity index (χ3n) is 2.42. The van der Waals surface area contributed by atoms with Gasteiger partial charge in [0.1, 0.15) is 5.69 Å². The van der Waals surface area contributed by atoms with Gasteiger partial charge in [-0.05, 0) is 19.1 Å². The minimum atomic E-state index is -0.861. The number of rotatable bonds is 1. The molecule has 1 fully saturated rings. The summed E-state index contributed by atoms with van der Waals surface area (Å²) in [6, 6.07) is 2.15. The van der Waals surface area contributed by atoms with Gasteiger partial charge in [-0.2, -0.15) is 0 Å². The molecule has 82 valence electrons. The molecule has 0 spiro atoms. The Hall–Kier alpha value is -1.36. The van der Waals surface area contributed by atoms with Crippen molar-refractivity contribution in [3.63, 3.8) is 0 Å². The topological polar surface area (TPSA) is 49.5 Å². The van der Waals surface area contributed by atoms with Crippen LogP contribution in [-0.2, 0) is 0 Å². The van der Waals surface area contributed by atoms with E-state index in [2.05, 4.69) is 0 Å². The fraction of sp³-hybridized carbons (Fsp3) is 0.400. The van der Waals surface area contributed by atoms with E-state index in [4.69, 9.17) is 5.73 Å². The van der Waals surface area contributed by atoms with Crippen molar-refractivity contribution in [2.24, 2.45) is 0 Å². The Kier molecular flexibility index (Phi) is 2.08. The molecule has 1 aromatic rings. The van der Waals surface area contributed by atoms with Crippen LogP contribution >= 0.6 is 0 Å². The molecule has 0 aromatic heterocycles. The van der Waals surface area contributed by atoms with E-state index in [0.29, 0.717) is 0 Å². The van der Waals surface area contributed by atoms with Gasteiger partial charge in [-0.25, -0.2) is 8.78 Å². The number of aliphatic hydroxyl groups is 1. The molecule has 1 aromatic carbocycles. The number of hydrogen-bond donors (Lipinski definition) is 2. The van der Waals surface area contributed by atoms with Gasteiger partial charge < -0.3 is 15.7 Å². The van der Waals surface area contributed by atoms with Crippen LogP contribution in [0.15, 0.2) is 12.1 Å². The van der Waals surface area contributed by atoms with Gasteiger partial charge in [0.25, 0.3) is 0 Å². The number of hydrogen-bond acceptors (Lipinski definition) is 3. The van der Waals surface area contributed by atoms with Gasteiger partial charge in [-0.3, -0.25) is 0 Å². The van der Waals surface area contributed by atoms with E-state index in [1.165, 1.54) is 4.90 Å². The second kappa shape index (κ2) is 3.06. The molecular weight excluding hydrogens is 202 g/mol. The van der Waals surface area contributed by atoms with Crippen LogP contribution in [-0.4, -0.2) is 23.8 Å². The molecule has 0 aliphatic carbocycles. The van der Waals surface area contributed by atoms with E-state index >= 15 is 0 Å². The second-order valence-corrected chi connectivity index (χ2v) is 4.19. The first-order valence-corrected chi connectivity index (χ1v) is 4.61. The molecule has 0 amide bonds. The van der Waals surface area contributed by atoms with E-state index in [0.717, 1.165) is 12.1 Å². The van der Waals surface area contributed by atoms with Crippen molar-refractivity contribution in [2.75, 3.05) is 23.7 Å². The van der Waals surface area contributed by atoms with Crippen molar-refractivity contribution in [3.8, 4) is 0 Å². The Morgan fingerprint density at radius 3 is 2.20 bits per heavy atom. The zero-order valence-corrected chi connectivity index (χ0v) is 8.30. The van der Waals surface area contributed by atoms with E-state index in [-0.39, 0.29) is 24.5 Å². The summed E-state index contributed by atoms with van der Waals surface area (Å²) in [6.45, 7) is 2.08. The third kappa shape index (κ3) is 1.74. The molecule has 1 aliphatic heterocycles. The van der Waals surface area contributed by atoms with Crippen molar-refractivity contribution in [1.29, 1.82) is 0 Å². The van der Waals surface area contributed by atoms with Crippen LogP contribution in [0.2, 0.25) is 0 Å². The van der Waals surface area contributed by atoms with Crippen molar-refractivity contribution >= 4 is 11.4 Å². The van der Waals surface area contributed by atoms with Gasteiger partial charge in [0.15, 0.2) is 11.6 Å². The highest BCUT2D eigenvalue weighted by molar-refractivity contribution is 5.58. The van der Waals surface area contributed by atoms with Crippen LogP contribution in [0.25, 0.3) is 0 Å². The molecule has 0 unspecified atom stereocenters. The Morgan fingerprint density at radius 1 is 1.33 bits per heavy atom. The number of benzene rings is 1. The van der Waals surface area contributed by atoms with Gasteiger partial charge in [-0.1, -0.05) is 0 Å². The number of halogens is 2. The predicted octanol–water partition coefficient (Wildman–Crippen LogP) is 1.12. The second-order valence-electron chi connectivity index (χ2n) is 4.19. The Balaban J connectivity index is 2.30. The lowest BCUT2D eigenvalue weighted by atomic mass is 9.96. The van der Waals surface area contributed by atoms with Crippen LogP contribution in [0.1, 0.15) is 6.92 Å². The Bertz CT molecular complexity index is 375. The van der Waals surface area contributed by atoms with Gasteiger partial charge in [-0.15, -0.1) is 0 Å². The van der Waals surface area contributed by atoms with Crippen LogP contribution in [0.4, 0.5) is 20.2 Å². The van der Waals surface area contributed by atoms with E-state index < -0.39 is 17.2 Å². The van der Waals surface area contributed by atoms with Crippen molar-refractivity contribution < 1.29 is 13.9 Å². The average molecular weight is 214 g/mol. The molecule has 0 saturated carbocycles. The molecule has 0 atom stereocenters. The standard InChI is InChI=1S/C10H12F2N2O/c1-10(15)4-14(5-10)9-7(11)2-6(13)3-8(9)12/h2-3,15H,4-5,13H2,1H3. The molecule has 1 heterocycles. The van der Waals surface area contributed by atoms with E-state index in [1.807, 2.05) is 0 Å². The van der Waals surface area contributed by atoms with Gasteiger partial charge in [0.2, 0.25) is 0 Å². The molecule has 15 heavy (non-hydrogen) atoms. The summed E-state index contributed by atoms with van der Waals surface area (Å²) < 4.78 is 26.8. The van der Waals surface area contributed by atoms with Crippen LogP contribution < -0.4 is 10.6 Å². The van der Waals surface area contributed by atoms with Crippen molar-refractivity contribution in [1.82, 2.24) is 0 Å². The first kappa shape index (κ1) is 10.2. The first-order valence-electron chi connectivity index (χ1n) is 4.61. The average Bonchev–Trinajstić information content (AvgIpc) is 1.98. The van der Waals surface area contributed by atoms with E-state index in [1.54, 1.807) is 6.92 Å². The SMILES string of the molecule is CC1(O)CN(c2c(F)cc(N)cc2F)C1. The van der Waals surface area contributed by atoms with Gasteiger partial charge in [0.05, 0.1) is 5.60 Å². The first-order chi connectivity index (χ1) is 6.89. The molecule has 0 radical (unpaired) electrons. The smallest absolute Gasteiger partial charge is 0.151 e. The monoisotopic (exact) mass is 214 g/mol. The van der Waals surface area contributed by atoms with Crippen LogP contribution in [0, 0.1) is 11.6 Å². The highest BCUT2D eigenvalue weighted by Crippen LogP contribution is 2.32. The van der Waals surface area contributed by atoms with Gasteiger partial charge >= 0.3 is 0 Å². The molecule has 5 heteroatoms. The number of nitrogens with two attached hydrogens (primary N) is 1. The third-order valence-corrected chi connectivity index (χ3v) is 2.42. The molecular formula is C10H12F2N2O. The Morgan fingerprint density at radius 2 is 1.80 bits per heavy atom. The van der Waals surface area contributed by atoms with Crippen LogP contribution in [0.5, 0.6) is 0 Å². The minimum Gasteiger partial charge on any atom is -0.399 e. The maximum absolute atomic E-state index is 13.4. The Labute approximate surface area is 86.1 Å². The summed E-state index contributed by atoms with van der Waals surface area (Å²) in [6.07, 6.45) is 0. The summed E-state index contributed by atoms with van der Waals surface area (Å²) in [5.41, 5.74) is 4.37. The fourth-order valence-electron chi connectivity index (χ4n) is 1.82. The molecule has 1 saturated heterocycles. The maximum Gasteiger partial charge on any atom is 0.151 e. The largest absolute Gasteiger partial charge is 0.399 e. The molecule has 2 rings (SSSR count). The molecule has 3 N–H and O–H groups in total. The molecule has 0 bridgehead atoms. The molecule has 3 nitrogen and oxygen atoms in total. The zero-order valence-electron chi connectivity index (χ0n) is 8.30. The summed E-state index contributed by atoms with van der Waals surface area (Å²) in [5.74, 6) is -1.38. The normalized spacial score (nSPS) is 18.8. The predicted molar refractivity (Wildman–Crippen MR) is 53.6 cm³/mol. The minimum absolute atomic E-state index is 0.0565.